The Hall–Kier alpha value is -1.62. The Kier molecular flexibility index (Phi) is 6.92. The number of nitrogens with two attached hydrogens (primary N) is 1. The number of hydrazone groups is 1. The van der Waals surface area contributed by atoms with Gasteiger partial charge in [0.05, 0.1) is 11.1 Å². The molecule has 2 N–H and O–H groups in total. The molecule has 0 saturated carbocycles. The molecule has 1 rings (SSSR count). The lowest BCUT2D eigenvalue weighted by atomic mass is 10.2. The third-order valence-corrected chi connectivity index (χ3v) is 1.94. The van der Waals surface area contributed by atoms with Crippen molar-refractivity contribution in [2.45, 2.75) is 13.8 Å². The molecular formula is C10H14N2O2S. The van der Waals surface area contributed by atoms with Crippen LogP contribution in [0.2, 0.25) is 0 Å². The van der Waals surface area contributed by atoms with Gasteiger partial charge in [0.1, 0.15) is 0 Å². The molecule has 15 heavy (non-hydrogen) atoms. The molecule has 0 bridgehead atoms. The van der Waals surface area contributed by atoms with Gasteiger partial charge in [-0.15, -0.1) is 0 Å². The second-order valence-corrected chi connectivity index (χ2v) is 3.56. The molecule has 0 aliphatic rings. The minimum atomic E-state index is -2.18. The molecule has 1 aromatic carbocycles. The lowest BCUT2D eigenvalue weighted by Gasteiger charge is -1.82. The lowest BCUT2D eigenvalue weighted by molar-refractivity contribution is 0.627. The second kappa shape index (κ2) is 7.75. The number of hydrogen-bond acceptors (Lipinski definition) is 4. The van der Waals surface area contributed by atoms with Gasteiger partial charge in [-0.05, 0) is 13.8 Å². The van der Waals surface area contributed by atoms with E-state index < -0.39 is 10.3 Å². The van der Waals surface area contributed by atoms with E-state index in [2.05, 4.69) is 24.2 Å². The van der Waals surface area contributed by atoms with Gasteiger partial charge in [0.15, 0.2) is 0 Å². The van der Waals surface area contributed by atoms with Crippen molar-refractivity contribution in [2.24, 2.45) is 10.9 Å². The van der Waals surface area contributed by atoms with Crippen molar-refractivity contribution in [2.75, 3.05) is 0 Å². The predicted octanol–water partition coefficient (Wildman–Crippen LogP) is 0.997. The van der Waals surface area contributed by atoms with E-state index in [1.165, 1.54) is 12.5 Å². The zero-order valence-corrected chi connectivity index (χ0v) is 9.53. The molecule has 4 nitrogen and oxygen atoms in total. The molecule has 5 heteroatoms. The van der Waals surface area contributed by atoms with Crippen LogP contribution in [-0.2, 0) is 10.3 Å². The lowest BCUT2D eigenvalue weighted by Crippen LogP contribution is -1.97. The minimum absolute atomic E-state index is 0.290. The molecule has 0 heterocycles. The molecule has 0 unspecified atom stereocenters. The fourth-order valence-corrected chi connectivity index (χ4v) is 1.04. The van der Waals surface area contributed by atoms with E-state index in [4.69, 9.17) is 5.84 Å². The Morgan fingerprint density at radius 1 is 1.33 bits per heavy atom. The van der Waals surface area contributed by atoms with Crippen LogP contribution in [0, 0.1) is 6.92 Å². The van der Waals surface area contributed by atoms with Crippen LogP contribution in [-0.4, -0.2) is 19.5 Å². The number of aryl methyl sites for hydroxylation is 1. The Bertz CT molecular complexity index is 428. The summed E-state index contributed by atoms with van der Waals surface area (Å²) in [6.45, 7) is 3.58. The van der Waals surface area contributed by atoms with E-state index in [-0.39, 0.29) is 0 Å². The predicted molar refractivity (Wildman–Crippen MR) is 63.5 cm³/mol. The summed E-state index contributed by atoms with van der Waals surface area (Å²) in [5, 5.41) is 4.03. The molecule has 0 amide bonds. The Morgan fingerprint density at radius 3 is 2.07 bits per heavy atom. The maximum absolute atomic E-state index is 9.78. The fourth-order valence-electron chi connectivity index (χ4n) is 0.704. The minimum Gasteiger partial charge on any atom is -0.323 e. The largest absolute Gasteiger partial charge is 0.323 e. The van der Waals surface area contributed by atoms with Gasteiger partial charge in [-0.2, -0.15) is 13.5 Å². The summed E-state index contributed by atoms with van der Waals surface area (Å²) in [4.78, 5) is 0. The van der Waals surface area contributed by atoms with Gasteiger partial charge in [-0.25, -0.2) is 0 Å². The third-order valence-electron chi connectivity index (χ3n) is 1.41. The normalized spacial score (nSPS) is 9.87. The average Bonchev–Trinajstić information content (AvgIpc) is 2.19. The van der Waals surface area contributed by atoms with Crippen LogP contribution in [0.5, 0.6) is 0 Å². The van der Waals surface area contributed by atoms with Gasteiger partial charge in [-0.3, -0.25) is 0 Å². The summed E-state index contributed by atoms with van der Waals surface area (Å²) in [6.07, 6.45) is 0. The van der Waals surface area contributed by atoms with Gasteiger partial charge < -0.3 is 5.84 Å². The summed E-state index contributed by atoms with van der Waals surface area (Å²) in [6, 6.07) is 10.3. The number of nitrogens with zero attached hydrogens (tertiary/aromatic N) is 1. The SMILES string of the molecule is CC(C=S(=O)=O)=NN.Cc1ccccc1. The molecule has 0 aliphatic heterocycles. The Balaban J connectivity index is 0.000000262. The van der Waals surface area contributed by atoms with Gasteiger partial charge in [-0.1, -0.05) is 35.9 Å². The molecular weight excluding hydrogens is 212 g/mol. The highest BCUT2D eigenvalue weighted by molar-refractivity contribution is 7.73. The van der Waals surface area contributed by atoms with E-state index in [0.717, 1.165) is 5.37 Å². The summed E-state index contributed by atoms with van der Waals surface area (Å²) in [7, 11) is -2.18. The van der Waals surface area contributed by atoms with E-state index in [1.807, 2.05) is 18.2 Å². The van der Waals surface area contributed by atoms with Crippen molar-refractivity contribution in [3.05, 3.63) is 35.9 Å². The maximum Gasteiger partial charge on any atom is 0.215 e. The van der Waals surface area contributed by atoms with Crippen LogP contribution in [0.3, 0.4) is 0 Å². The molecule has 82 valence electrons. The van der Waals surface area contributed by atoms with Crippen LogP contribution in [0.15, 0.2) is 35.4 Å². The van der Waals surface area contributed by atoms with Crippen LogP contribution in [0.1, 0.15) is 12.5 Å². The Labute approximate surface area is 91.0 Å². The van der Waals surface area contributed by atoms with E-state index in [9.17, 15) is 8.42 Å². The summed E-state index contributed by atoms with van der Waals surface area (Å²) in [5.41, 5.74) is 1.61. The van der Waals surface area contributed by atoms with Crippen molar-refractivity contribution in [3.8, 4) is 0 Å². The topological polar surface area (TPSA) is 72.5 Å². The molecule has 0 aromatic heterocycles. The van der Waals surface area contributed by atoms with Crippen LogP contribution in [0.25, 0.3) is 0 Å². The summed E-state index contributed by atoms with van der Waals surface area (Å²) >= 11 is 0. The van der Waals surface area contributed by atoms with E-state index in [1.54, 1.807) is 0 Å². The first kappa shape index (κ1) is 13.4. The number of benzene rings is 1. The first-order valence-corrected chi connectivity index (χ1v) is 5.39. The van der Waals surface area contributed by atoms with Gasteiger partial charge in [0.25, 0.3) is 0 Å². The standard InChI is InChI=1S/C7H8.C3H6N2O2S/c1-7-5-3-2-4-6-7;1-3(5-4)2-8(6)7/h2-6H,1H3;2H,4H2,1H3. The first-order chi connectivity index (χ1) is 7.06. The highest BCUT2D eigenvalue weighted by Crippen LogP contribution is 1.92. The van der Waals surface area contributed by atoms with Crippen molar-refractivity contribution in [1.29, 1.82) is 0 Å². The quantitative estimate of drug-likeness (QED) is 0.336. The zero-order chi connectivity index (χ0) is 11.7. The second-order valence-electron chi connectivity index (χ2n) is 2.80. The van der Waals surface area contributed by atoms with Crippen molar-refractivity contribution in [1.82, 2.24) is 0 Å². The molecule has 0 aliphatic carbocycles. The van der Waals surface area contributed by atoms with Crippen LogP contribution >= 0.6 is 0 Å². The highest BCUT2D eigenvalue weighted by Gasteiger charge is 1.78. The molecule has 0 spiro atoms. The molecule has 0 saturated heterocycles. The fraction of sp³-hybridized carbons (Fsp3) is 0.200. The summed E-state index contributed by atoms with van der Waals surface area (Å²) < 4.78 is 19.6. The average molecular weight is 226 g/mol. The number of rotatable bonds is 1. The van der Waals surface area contributed by atoms with Gasteiger partial charge in [0, 0.05) is 0 Å². The monoisotopic (exact) mass is 226 g/mol. The van der Waals surface area contributed by atoms with Crippen molar-refractivity contribution in [3.63, 3.8) is 0 Å². The van der Waals surface area contributed by atoms with Crippen LogP contribution in [0.4, 0.5) is 0 Å². The van der Waals surface area contributed by atoms with Crippen molar-refractivity contribution >= 4 is 21.4 Å². The van der Waals surface area contributed by atoms with Gasteiger partial charge >= 0.3 is 0 Å². The van der Waals surface area contributed by atoms with Gasteiger partial charge in [0.2, 0.25) is 10.3 Å². The summed E-state index contributed by atoms with van der Waals surface area (Å²) in [5.74, 6) is 4.70. The Morgan fingerprint density at radius 2 is 1.87 bits per heavy atom. The highest BCUT2D eigenvalue weighted by atomic mass is 32.2. The smallest absolute Gasteiger partial charge is 0.215 e. The first-order valence-electron chi connectivity index (χ1n) is 4.25. The maximum atomic E-state index is 9.78. The number of hydrogen-bond donors (Lipinski definition) is 1. The molecule has 1 aromatic rings. The third kappa shape index (κ3) is 8.70. The molecule has 0 atom stereocenters. The zero-order valence-electron chi connectivity index (χ0n) is 8.71. The van der Waals surface area contributed by atoms with Crippen LogP contribution < -0.4 is 5.84 Å². The van der Waals surface area contributed by atoms with E-state index >= 15 is 0 Å². The molecule has 0 radical (unpaired) electrons. The van der Waals surface area contributed by atoms with Crippen molar-refractivity contribution < 1.29 is 8.42 Å². The van der Waals surface area contributed by atoms with E-state index in [0.29, 0.717) is 5.71 Å². The molecule has 0 fully saturated rings.